The van der Waals surface area contributed by atoms with Gasteiger partial charge >= 0.3 is 5.97 Å². The molecule has 5 heteroatoms. The molecule has 0 atom stereocenters. The van der Waals surface area contributed by atoms with Gasteiger partial charge in [0.2, 0.25) is 0 Å². The fraction of sp³-hybridized carbons (Fsp3) is 0.222. The van der Waals surface area contributed by atoms with Gasteiger partial charge in [-0.2, -0.15) is 0 Å². The summed E-state index contributed by atoms with van der Waals surface area (Å²) in [5.74, 6) is 0.425. The Hall–Kier alpha value is -2.66. The van der Waals surface area contributed by atoms with Crippen LogP contribution >= 0.6 is 0 Å². The second-order valence-corrected chi connectivity index (χ2v) is 4.63. The lowest BCUT2D eigenvalue weighted by Gasteiger charge is -2.11. The van der Waals surface area contributed by atoms with E-state index in [1.807, 2.05) is 49.4 Å². The van der Waals surface area contributed by atoms with Crippen molar-refractivity contribution in [2.24, 2.45) is 0 Å². The summed E-state index contributed by atoms with van der Waals surface area (Å²) in [5.41, 5.74) is 1.78. The predicted molar refractivity (Wildman–Crippen MR) is 88.3 cm³/mol. The van der Waals surface area contributed by atoms with E-state index in [0.717, 1.165) is 11.3 Å². The Labute approximate surface area is 135 Å². The summed E-state index contributed by atoms with van der Waals surface area (Å²) in [6.45, 7) is 2.24. The molecule has 0 fully saturated rings. The molecule has 23 heavy (non-hydrogen) atoms. The molecule has 1 aromatic heterocycles. The first-order valence-electron chi connectivity index (χ1n) is 7.28. The molecular weight excluding hydrogens is 294 g/mol. The summed E-state index contributed by atoms with van der Waals surface area (Å²) in [6.07, 6.45) is 5.57. The zero-order chi connectivity index (χ0) is 16.5. The molecule has 5 nitrogen and oxygen atoms in total. The topological polar surface area (TPSA) is 57.7 Å². The van der Waals surface area contributed by atoms with Crippen molar-refractivity contribution in [1.29, 1.82) is 0 Å². The summed E-state index contributed by atoms with van der Waals surface area (Å²) in [4.78, 5) is 15.8. The highest BCUT2D eigenvalue weighted by Gasteiger charge is 2.10. The van der Waals surface area contributed by atoms with E-state index in [9.17, 15) is 4.79 Å². The van der Waals surface area contributed by atoms with Gasteiger partial charge in [-0.05, 0) is 42.8 Å². The van der Waals surface area contributed by atoms with E-state index in [0.29, 0.717) is 18.1 Å². The summed E-state index contributed by atoms with van der Waals surface area (Å²) < 4.78 is 15.5. The van der Waals surface area contributed by atoms with Crippen molar-refractivity contribution in [2.75, 3.05) is 20.3 Å². The molecule has 120 valence electrons. The molecule has 0 bridgehead atoms. The number of ether oxygens (including phenoxy) is 3. The molecule has 0 aliphatic rings. The number of hydrogen-bond donors (Lipinski definition) is 0. The van der Waals surface area contributed by atoms with Crippen molar-refractivity contribution in [2.45, 2.75) is 6.92 Å². The maximum absolute atomic E-state index is 11.5. The van der Waals surface area contributed by atoms with Gasteiger partial charge in [0.15, 0.2) is 11.5 Å². The normalized spacial score (nSPS) is 10.7. The van der Waals surface area contributed by atoms with Crippen molar-refractivity contribution < 1.29 is 19.0 Å². The Bertz CT molecular complexity index is 668. The van der Waals surface area contributed by atoms with Crippen LogP contribution in [0.5, 0.6) is 11.5 Å². The molecule has 2 aromatic rings. The van der Waals surface area contributed by atoms with Crippen molar-refractivity contribution in [1.82, 2.24) is 4.98 Å². The van der Waals surface area contributed by atoms with E-state index >= 15 is 0 Å². The Morgan fingerprint density at radius 3 is 2.74 bits per heavy atom. The lowest BCUT2D eigenvalue weighted by atomic mass is 10.1. The van der Waals surface area contributed by atoms with Gasteiger partial charge in [-0.1, -0.05) is 18.2 Å². The molecule has 0 radical (unpaired) electrons. The number of hydrogen-bond acceptors (Lipinski definition) is 5. The molecule has 0 unspecified atom stereocenters. The number of rotatable bonds is 7. The number of pyridine rings is 1. The Morgan fingerprint density at radius 2 is 2.04 bits per heavy atom. The lowest BCUT2D eigenvalue weighted by Crippen LogP contribution is -2.14. The summed E-state index contributed by atoms with van der Waals surface area (Å²) in [7, 11) is 1.44. The molecule has 0 saturated carbocycles. The first kappa shape index (κ1) is 16.7. The van der Waals surface area contributed by atoms with Gasteiger partial charge < -0.3 is 14.2 Å². The molecule has 0 saturated heterocycles. The van der Waals surface area contributed by atoms with Crippen LogP contribution in [0.2, 0.25) is 0 Å². The quantitative estimate of drug-likeness (QED) is 0.580. The zero-order valence-corrected chi connectivity index (χ0v) is 13.2. The third kappa shape index (κ3) is 5.23. The molecule has 1 aromatic carbocycles. The number of methoxy groups -OCH3 is 1. The second kappa shape index (κ2) is 8.70. The van der Waals surface area contributed by atoms with Gasteiger partial charge in [0.05, 0.1) is 12.3 Å². The average molecular weight is 313 g/mol. The van der Waals surface area contributed by atoms with E-state index in [-0.39, 0.29) is 6.61 Å². The SMILES string of the molecule is CCOc1cc(/C=C/c2ccccn2)ccc1OC(=O)COC. The Morgan fingerprint density at radius 1 is 1.17 bits per heavy atom. The molecule has 0 aliphatic carbocycles. The van der Waals surface area contributed by atoms with Gasteiger partial charge in [-0.3, -0.25) is 4.98 Å². The maximum atomic E-state index is 11.5. The van der Waals surface area contributed by atoms with Crippen LogP contribution in [0.3, 0.4) is 0 Å². The van der Waals surface area contributed by atoms with E-state index in [1.165, 1.54) is 7.11 Å². The molecular formula is C18H19NO4. The third-order valence-corrected chi connectivity index (χ3v) is 2.89. The number of carbonyl (C=O) groups excluding carboxylic acids is 1. The monoisotopic (exact) mass is 313 g/mol. The summed E-state index contributed by atoms with van der Waals surface area (Å²) in [5, 5.41) is 0. The van der Waals surface area contributed by atoms with Crippen molar-refractivity contribution in [3.05, 3.63) is 53.9 Å². The van der Waals surface area contributed by atoms with E-state index in [1.54, 1.807) is 12.3 Å². The van der Waals surface area contributed by atoms with Gasteiger partial charge in [0, 0.05) is 13.3 Å². The number of aromatic nitrogens is 1. The summed E-state index contributed by atoms with van der Waals surface area (Å²) in [6, 6.07) is 11.1. The van der Waals surface area contributed by atoms with Crippen LogP contribution in [0.25, 0.3) is 12.2 Å². The molecule has 0 N–H and O–H groups in total. The highest BCUT2D eigenvalue weighted by Crippen LogP contribution is 2.29. The standard InChI is InChI=1S/C18H19NO4/c1-3-22-17-12-14(7-9-15-6-4-5-11-19-15)8-10-16(17)23-18(20)13-21-2/h4-12H,3,13H2,1-2H3/b9-7+. The van der Waals surface area contributed by atoms with E-state index in [2.05, 4.69) is 4.98 Å². The first-order valence-corrected chi connectivity index (χ1v) is 7.28. The minimum atomic E-state index is -0.467. The fourth-order valence-electron chi connectivity index (χ4n) is 1.91. The van der Waals surface area contributed by atoms with Crippen LogP contribution in [0.1, 0.15) is 18.2 Å². The fourth-order valence-corrected chi connectivity index (χ4v) is 1.91. The first-order chi connectivity index (χ1) is 11.2. The minimum Gasteiger partial charge on any atom is -0.490 e. The minimum absolute atomic E-state index is 0.104. The van der Waals surface area contributed by atoms with Crippen molar-refractivity contribution in [3.8, 4) is 11.5 Å². The number of esters is 1. The van der Waals surface area contributed by atoms with Crippen LogP contribution in [0.4, 0.5) is 0 Å². The molecule has 0 aliphatic heterocycles. The van der Waals surface area contributed by atoms with E-state index < -0.39 is 5.97 Å². The smallest absolute Gasteiger partial charge is 0.337 e. The largest absolute Gasteiger partial charge is 0.490 e. The van der Waals surface area contributed by atoms with Gasteiger partial charge in [0.25, 0.3) is 0 Å². The van der Waals surface area contributed by atoms with Crippen LogP contribution in [0.15, 0.2) is 42.6 Å². The molecule has 2 rings (SSSR count). The van der Waals surface area contributed by atoms with Crippen molar-refractivity contribution in [3.63, 3.8) is 0 Å². The predicted octanol–water partition coefficient (Wildman–Crippen LogP) is 3.20. The van der Waals surface area contributed by atoms with Crippen LogP contribution in [-0.4, -0.2) is 31.3 Å². The molecule has 0 spiro atoms. The number of benzene rings is 1. The summed E-state index contributed by atoms with van der Waals surface area (Å²) >= 11 is 0. The van der Waals surface area contributed by atoms with Gasteiger partial charge in [0.1, 0.15) is 6.61 Å². The van der Waals surface area contributed by atoms with E-state index in [4.69, 9.17) is 14.2 Å². The van der Waals surface area contributed by atoms with Gasteiger partial charge in [-0.15, -0.1) is 0 Å². The van der Waals surface area contributed by atoms with Gasteiger partial charge in [-0.25, -0.2) is 4.79 Å². The molecule has 1 heterocycles. The number of nitrogens with zero attached hydrogens (tertiary/aromatic N) is 1. The molecule has 0 amide bonds. The average Bonchev–Trinajstić information content (AvgIpc) is 2.56. The van der Waals surface area contributed by atoms with Crippen molar-refractivity contribution >= 4 is 18.1 Å². The highest BCUT2D eigenvalue weighted by atomic mass is 16.6. The number of carbonyl (C=O) groups is 1. The zero-order valence-electron chi connectivity index (χ0n) is 13.2. The Balaban J connectivity index is 2.18. The highest BCUT2D eigenvalue weighted by molar-refractivity contribution is 5.75. The second-order valence-electron chi connectivity index (χ2n) is 4.63. The Kier molecular flexibility index (Phi) is 6.32. The van der Waals surface area contributed by atoms with Crippen LogP contribution < -0.4 is 9.47 Å². The third-order valence-electron chi connectivity index (χ3n) is 2.89. The maximum Gasteiger partial charge on any atom is 0.337 e. The lowest BCUT2D eigenvalue weighted by molar-refractivity contribution is -0.138. The van der Waals surface area contributed by atoms with Crippen LogP contribution in [-0.2, 0) is 9.53 Å². The van der Waals surface area contributed by atoms with Crippen LogP contribution in [0, 0.1) is 0 Å².